The van der Waals surface area contributed by atoms with E-state index in [-0.39, 0.29) is 54.0 Å². The Balaban J connectivity index is 1.51. The van der Waals surface area contributed by atoms with Crippen LogP contribution >= 0.6 is 0 Å². The zero-order valence-electron chi connectivity index (χ0n) is 22.5. The maximum absolute atomic E-state index is 14.3. The van der Waals surface area contributed by atoms with Crippen molar-refractivity contribution < 1.29 is 22.4 Å². The van der Waals surface area contributed by atoms with Gasteiger partial charge in [0.25, 0.3) is 0 Å². The molecular weight excluding hydrogens is 507 g/mol. The number of fused-ring (bicyclic) bond motifs is 2. The molecule has 0 spiro atoms. The molecule has 2 saturated heterocycles. The van der Waals surface area contributed by atoms with Gasteiger partial charge in [0.1, 0.15) is 11.9 Å². The van der Waals surface area contributed by atoms with Crippen molar-refractivity contribution >= 4 is 32.7 Å². The average molecular weight is 547 g/mol. The number of likely N-dealkylation sites (tertiary alicyclic amines) is 1. The summed E-state index contributed by atoms with van der Waals surface area (Å²) >= 11 is 0. The van der Waals surface area contributed by atoms with E-state index in [4.69, 9.17) is 0 Å². The fourth-order valence-electron chi connectivity index (χ4n) is 6.89. The molecule has 1 aromatic carbocycles. The summed E-state index contributed by atoms with van der Waals surface area (Å²) in [6, 6.07) is 3.25. The maximum Gasteiger partial charge on any atom is 0.245 e. The van der Waals surface area contributed by atoms with Crippen LogP contribution in [0.3, 0.4) is 0 Å². The van der Waals surface area contributed by atoms with Gasteiger partial charge >= 0.3 is 0 Å². The molecule has 2 aromatic rings. The highest BCUT2D eigenvalue weighted by Crippen LogP contribution is 2.44. The molecule has 10 heteroatoms. The molecule has 3 aliphatic rings. The summed E-state index contributed by atoms with van der Waals surface area (Å²) < 4.78 is 41.1. The lowest BCUT2D eigenvalue weighted by Crippen LogP contribution is -2.55. The molecule has 5 atom stereocenters. The maximum atomic E-state index is 14.3. The molecular formula is C28H39FN4O4S. The van der Waals surface area contributed by atoms with Crippen LogP contribution < -0.4 is 5.32 Å². The van der Waals surface area contributed by atoms with E-state index in [1.807, 2.05) is 24.9 Å². The Bertz CT molecular complexity index is 1310. The average Bonchev–Trinajstić information content (AvgIpc) is 3.60. The Kier molecular flexibility index (Phi) is 7.57. The molecule has 3 heterocycles. The quantitative estimate of drug-likeness (QED) is 0.552. The molecule has 0 bridgehead atoms. The van der Waals surface area contributed by atoms with Gasteiger partial charge in [-0.15, -0.1) is 0 Å². The van der Waals surface area contributed by atoms with E-state index in [0.29, 0.717) is 24.9 Å². The summed E-state index contributed by atoms with van der Waals surface area (Å²) in [7, 11) is -3.51. The summed E-state index contributed by atoms with van der Waals surface area (Å²) in [5.41, 5.74) is 1.53. The van der Waals surface area contributed by atoms with Crippen molar-refractivity contribution in [3.05, 3.63) is 35.8 Å². The molecule has 0 unspecified atom stereocenters. The van der Waals surface area contributed by atoms with Gasteiger partial charge in [-0.25, -0.2) is 12.8 Å². The van der Waals surface area contributed by atoms with Crippen molar-refractivity contribution in [3.63, 3.8) is 0 Å². The summed E-state index contributed by atoms with van der Waals surface area (Å²) in [6.07, 6.45) is 9.29. The minimum Gasteiger partial charge on any atom is -0.361 e. The summed E-state index contributed by atoms with van der Waals surface area (Å²) in [4.78, 5) is 32.3. The van der Waals surface area contributed by atoms with Gasteiger partial charge in [-0.1, -0.05) is 33.1 Å². The summed E-state index contributed by atoms with van der Waals surface area (Å²) in [5, 5.41) is 3.94. The Morgan fingerprint density at radius 3 is 2.61 bits per heavy atom. The molecule has 1 aliphatic carbocycles. The minimum absolute atomic E-state index is 0.0743. The van der Waals surface area contributed by atoms with Gasteiger partial charge in [0.2, 0.25) is 21.8 Å². The lowest BCUT2D eigenvalue weighted by atomic mass is 9.82. The largest absolute Gasteiger partial charge is 0.361 e. The normalized spacial score (nSPS) is 26.4. The van der Waals surface area contributed by atoms with Crippen molar-refractivity contribution in [1.82, 2.24) is 19.5 Å². The Hall–Kier alpha value is -2.46. The third kappa shape index (κ3) is 4.97. The molecule has 2 N–H and O–H groups in total. The zero-order valence-corrected chi connectivity index (χ0v) is 23.3. The van der Waals surface area contributed by atoms with Crippen LogP contribution in [-0.2, 0) is 19.6 Å². The molecule has 2 amide bonds. The molecule has 0 radical (unpaired) electrons. The number of nitrogens with zero attached hydrogens (tertiary/aromatic N) is 2. The van der Waals surface area contributed by atoms with E-state index < -0.39 is 16.1 Å². The highest BCUT2D eigenvalue weighted by Gasteiger charge is 2.54. The van der Waals surface area contributed by atoms with Crippen LogP contribution in [0, 0.1) is 17.7 Å². The number of carbonyl (C=O) groups excluding carboxylic acids is 2. The topological polar surface area (TPSA) is 103 Å². The number of rotatable bonds is 7. The number of amides is 2. The van der Waals surface area contributed by atoms with Crippen molar-refractivity contribution in [2.45, 2.75) is 82.8 Å². The van der Waals surface area contributed by atoms with E-state index in [9.17, 15) is 22.4 Å². The van der Waals surface area contributed by atoms with E-state index in [0.717, 1.165) is 43.1 Å². The van der Waals surface area contributed by atoms with E-state index in [1.54, 1.807) is 6.07 Å². The van der Waals surface area contributed by atoms with Crippen LogP contribution in [0.2, 0.25) is 0 Å². The third-order valence-corrected chi connectivity index (χ3v) is 10.4. The van der Waals surface area contributed by atoms with Crippen LogP contribution in [0.4, 0.5) is 4.39 Å². The number of aromatic amines is 1. The van der Waals surface area contributed by atoms with Crippen LogP contribution in [0.5, 0.6) is 0 Å². The number of sulfonamides is 1. The first-order chi connectivity index (χ1) is 18.1. The highest BCUT2D eigenvalue weighted by molar-refractivity contribution is 7.88. The SMILES string of the molecule is CC[C@@H](C)C(=O)N[C@H](C(=O)N1CC[C@@H]2[C@H]1[C@H](c1c[nH]c3cc(F)ccc13)CN2S(C)(=O)=O)C1CCCCC1. The lowest BCUT2D eigenvalue weighted by Gasteiger charge is -2.36. The smallest absolute Gasteiger partial charge is 0.245 e. The monoisotopic (exact) mass is 546 g/mol. The van der Waals surface area contributed by atoms with Crippen molar-refractivity contribution in [2.75, 3.05) is 19.3 Å². The number of benzene rings is 1. The molecule has 8 nitrogen and oxygen atoms in total. The van der Waals surface area contributed by atoms with Gasteiger partial charge in [0.05, 0.1) is 12.3 Å². The number of H-pyrrole nitrogens is 1. The predicted molar refractivity (Wildman–Crippen MR) is 144 cm³/mol. The van der Waals surface area contributed by atoms with E-state index >= 15 is 0 Å². The Labute approximate surface area is 224 Å². The molecule has 208 valence electrons. The fraction of sp³-hybridized carbons (Fsp3) is 0.643. The minimum atomic E-state index is -3.51. The number of hydrogen-bond donors (Lipinski definition) is 2. The van der Waals surface area contributed by atoms with Gasteiger partial charge in [0.15, 0.2) is 0 Å². The lowest BCUT2D eigenvalue weighted by molar-refractivity contribution is -0.140. The van der Waals surface area contributed by atoms with Crippen molar-refractivity contribution in [1.29, 1.82) is 0 Å². The van der Waals surface area contributed by atoms with Gasteiger partial charge in [-0.3, -0.25) is 9.59 Å². The Morgan fingerprint density at radius 2 is 1.92 bits per heavy atom. The second kappa shape index (κ2) is 10.6. The summed E-state index contributed by atoms with van der Waals surface area (Å²) in [6.45, 7) is 4.54. The molecule has 1 aromatic heterocycles. The second-order valence-electron chi connectivity index (χ2n) is 11.4. The predicted octanol–water partition coefficient (Wildman–Crippen LogP) is 3.75. The standard InChI is InChI=1S/C28H39FN4O4S/c1-4-17(2)27(34)31-25(18-8-6-5-7-9-18)28(35)32-13-12-24-26(32)22(16-33(24)38(3,36)37)21-15-30-23-14-19(29)10-11-20(21)23/h10-11,14-15,17-18,22,24-26,30H,4-9,12-13,16H2,1-3H3,(H,31,34)/t17-,22+,24-,25+,26-/m1/s1. The van der Waals surface area contributed by atoms with Gasteiger partial charge in [-0.05, 0) is 55.4 Å². The van der Waals surface area contributed by atoms with Crippen LogP contribution in [0.25, 0.3) is 10.9 Å². The van der Waals surface area contributed by atoms with Crippen molar-refractivity contribution in [3.8, 4) is 0 Å². The van der Waals surface area contributed by atoms with Gasteiger partial charge < -0.3 is 15.2 Å². The van der Waals surface area contributed by atoms with Crippen LogP contribution in [-0.4, -0.2) is 71.9 Å². The molecule has 3 fully saturated rings. The number of nitrogens with one attached hydrogen (secondary N) is 2. The third-order valence-electron chi connectivity index (χ3n) is 9.11. The number of halogens is 1. The molecule has 2 aliphatic heterocycles. The first kappa shape index (κ1) is 27.1. The summed E-state index contributed by atoms with van der Waals surface area (Å²) in [5.74, 6) is -0.938. The number of aromatic nitrogens is 1. The van der Waals surface area contributed by atoms with Crippen LogP contribution in [0.15, 0.2) is 24.4 Å². The molecule has 38 heavy (non-hydrogen) atoms. The van der Waals surface area contributed by atoms with Crippen molar-refractivity contribution in [2.24, 2.45) is 11.8 Å². The van der Waals surface area contributed by atoms with Gasteiger partial charge in [0, 0.05) is 48.1 Å². The highest BCUT2D eigenvalue weighted by atomic mass is 32.2. The number of carbonyl (C=O) groups is 2. The number of hydrogen-bond acceptors (Lipinski definition) is 4. The Morgan fingerprint density at radius 1 is 1.18 bits per heavy atom. The van der Waals surface area contributed by atoms with Crippen LogP contribution in [0.1, 0.15) is 70.3 Å². The first-order valence-electron chi connectivity index (χ1n) is 13.9. The second-order valence-corrected chi connectivity index (χ2v) is 13.4. The van der Waals surface area contributed by atoms with Gasteiger partial charge in [-0.2, -0.15) is 4.31 Å². The fourth-order valence-corrected chi connectivity index (χ4v) is 8.05. The molecule has 5 rings (SSSR count). The first-order valence-corrected chi connectivity index (χ1v) is 15.8. The molecule has 1 saturated carbocycles. The zero-order chi connectivity index (χ0) is 27.2. The van der Waals surface area contributed by atoms with E-state index in [1.165, 1.54) is 22.7 Å². The van der Waals surface area contributed by atoms with E-state index in [2.05, 4.69) is 10.3 Å².